The Hall–Kier alpha value is -1.25. The van der Waals surface area contributed by atoms with E-state index in [1.54, 1.807) is 6.07 Å². The Balaban J connectivity index is 0.00000533. The zero-order valence-corrected chi connectivity index (χ0v) is 27.5. The number of phenols is 2. The summed E-state index contributed by atoms with van der Waals surface area (Å²) in [4.78, 5) is 0. The Labute approximate surface area is 257 Å². The third-order valence-corrected chi connectivity index (χ3v) is 9.65. The molecule has 3 rings (SSSR count). The van der Waals surface area contributed by atoms with E-state index in [1.807, 2.05) is 19.9 Å². The second-order valence-corrected chi connectivity index (χ2v) is 13.5. The van der Waals surface area contributed by atoms with E-state index in [-0.39, 0.29) is 63.6 Å². The van der Waals surface area contributed by atoms with Gasteiger partial charge >= 0.3 is 29.6 Å². The molecule has 6 nitrogen and oxygen atoms in total. The number of fused-ring (bicyclic) bond motifs is 1. The van der Waals surface area contributed by atoms with Gasteiger partial charge in [0.1, 0.15) is 17.3 Å². The first-order valence-corrected chi connectivity index (χ1v) is 15.1. The Morgan fingerprint density at radius 1 is 1.18 bits per heavy atom. The molecule has 8 heteroatoms. The first-order chi connectivity index (χ1) is 17.6. The fraction of sp³-hybridized carbons (Fsp3) is 0.613. The first kappa shape index (κ1) is 34.0. The summed E-state index contributed by atoms with van der Waals surface area (Å²) >= 11 is 0. The minimum atomic E-state index is -4.89. The summed E-state index contributed by atoms with van der Waals surface area (Å²) in [5, 5.41) is 19.6. The average Bonchev–Trinajstić information content (AvgIpc) is 2.79. The molecular formula is C31H45NaO6S. The Kier molecular flexibility index (Phi) is 11.8. The van der Waals surface area contributed by atoms with Crippen LogP contribution in [0.1, 0.15) is 98.0 Å². The van der Waals surface area contributed by atoms with E-state index in [2.05, 4.69) is 27.4 Å². The second kappa shape index (κ2) is 13.6. The van der Waals surface area contributed by atoms with E-state index in [9.17, 15) is 23.2 Å². The molecule has 2 aliphatic rings. The number of hydrogen-bond donors (Lipinski definition) is 2. The fourth-order valence-corrected chi connectivity index (χ4v) is 7.59. The Bertz CT molecular complexity index is 1200. The molecule has 0 aliphatic heterocycles. The SMILES string of the molecule is C=C1CC[C@H]2C(C)(C)CCC[C@]2(C)[C@H]1C/C(OS(=O)(=O)[O-])=C(\C)CCC/C(C)=C/Cc1cc(O)ccc1O.[Na+]. The molecule has 3 atom stereocenters. The average molecular weight is 569 g/mol. The molecule has 0 spiro atoms. The van der Waals surface area contributed by atoms with Gasteiger partial charge in [-0.25, -0.2) is 8.42 Å². The van der Waals surface area contributed by atoms with Gasteiger partial charge in [-0.15, -0.1) is 0 Å². The van der Waals surface area contributed by atoms with Gasteiger partial charge in [0, 0.05) is 12.0 Å². The third-order valence-electron chi connectivity index (χ3n) is 9.24. The van der Waals surface area contributed by atoms with Crippen LogP contribution in [0.15, 0.2) is 53.3 Å². The van der Waals surface area contributed by atoms with Crippen LogP contribution in [0.5, 0.6) is 11.5 Å². The summed E-state index contributed by atoms with van der Waals surface area (Å²) < 4.78 is 40.2. The van der Waals surface area contributed by atoms with Crippen molar-refractivity contribution in [2.75, 3.05) is 0 Å². The van der Waals surface area contributed by atoms with E-state index < -0.39 is 10.4 Å². The molecule has 1 aromatic rings. The minimum Gasteiger partial charge on any atom is -0.716 e. The summed E-state index contributed by atoms with van der Waals surface area (Å²) in [5.41, 5.74) is 3.91. The maximum absolute atomic E-state index is 11.7. The van der Waals surface area contributed by atoms with Crippen LogP contribution in [-0.2, 0) is 21.0 Å². The van der Waals surface area contributed by atoms with Crippen molar-refractivity contribution in [1.82, 2.24) is 0 Å². The van der Waals surface area contributed by atoms with Crippen LogP contribution in [0.4, 0.5) is 0 Å². The number of rotatable bonds is 10. The molecule has 0 radical (unpaired) electrons. The molecule has 2 aliphatic carbocycles. The molecule has 0 amide bonds. The van der Waals surface area contributed by atoms with Crippen LogP contribution in [0.25, 0.3) is 0 Å². The summed E-state index contributed by atoms with van der Waals surface area (Å²) in [6.45, 7) is 15.3. The topological polar surface area (TPSA) is 107 Å². The molecule has 0 bridgehead atoms. The van der Waals surface area contributed by atoms with Gasteiger partial charge in [0.25, 0.3) is 10.4 Å². The molecule has 2 saturated carbocycles. The summed E-state index contributed by atoms with van der Waals surface area (Å²) in [6.07, 6.45) is 10.5. The number of allylic oxidation sites excluding steroid dienone is 5. The van der Waals surface area contributed by atoms with Crippen LogP contribution in [0, 0.1) is 22.7 Å². The molecule has 2 N–H and O–H groups in total. The fourth-order valence-electron chi connectivity index (χ4n) is 7.13. The van der Waals surface area contributed by atoms with Crippen LogP contribution < -0.4 is 29.6 Å². The van der Waals surface area contributed by atoms with Crippen LogP contribution in [0.3, 0.4) is 0 Å². The maximum atomic E-state index is 11.7. The van der Waals surface area contributed by atoms with Crippen LogP contribution in [-0.4, -0.2) is 23.2 Å². The monoisotopic (exact) mass is 568 g/mol. The maximum Gasteiger partial charge on any atom is 1.00 e. The molecule has 0 aromatic heterocycles. The summed E-state index contributed by atoms with van der Waals surface area (Å²) in [5.74, 6) is 1.13. The molecule has 0 heterocycles. The van der Waals surface area contributed by atoms with Gasteiger partial charge in [0.15, 0.2) is 0 Å². The van der Waals surface area contributed by atoms with Gasteiger partial charge in [-0.1, -0.05) is 51.0 Å². The smallest absolute Gasteiger partial charge is 0.716 e. The molecule has 212 valence electrons. The normalized spacial score (nSPS) is 25.8. The van der Waals surface area contributed by atoms with Crippen molar-refractivity contribution in [3.05, 3.63) is 58.9 Å². The predicted molar refractivity (Wildman–Crippen MR) is 150 cm³/mol. The quantitative estimate of drug-likeness (QED) is 0.106. The van der Waals surface area contributed by atoms with Gasteiger partial charge in [0.05, 0.1) is 0 Å². The van der Waals surface area contributed by atoms with Crippen molar-refractivity contribution in [2.24, 2.45) is 22.7 Å². The van der Waals surface area contributed by atoms with Crippen molar-refractivity contribution in [1.29, 1.82) is 0 Å². The first-order valence-electron chi connectivity index (χ1n) is 13.8. The van der Waals surface area contributed by atoms with E-state index in [4.69, 9.17) is 4.18 Å². The van der Waals surface area contributed by atoms with Crippen molar-refractivity contribution in [3.8, 4) is 11.5 Å². The van der Waals surface area contributed by atoms with Crippen molar-refractivity contribution in [2.45, 2.75) is 98.8 Å². The molecule has 1 aromatic carbocycles. The molecule has 0 unspecified atom stereocenters. The zero-order chi connectivity index (χ0) is 28.3. The van der Waals surface area contributed by atoms with E-state index in [0.29, 0.717) is 30.7 Å². The predicted octanol–water partition coefficient (Wildman–Crippen LogP) is 4.70. The van der Waals surface area contributed by atoms with E-state index >= 15 is 0 Å². The number of benzene rings is 1. The van der Waals surface area contributed by atoms with Gasteiger partial charge in [-0.05, 0) is 112 Å². The van der Waals surface area contributed by atoms with Crippen LogP contribution in [0.2, 0.25) is 0 Å². The van der Waals surface area contributed by atoms with Gasteiger partial charge in [-0.3, -0.25) is 0 Å². The van der Waals surface area contributed by atoms with Crippen molar-refractivity contribution < 1.29 is 56.9 Å². The van der Waals surface area contributed by atoms with E-state index in [1.165, 1.54) is 18.6 Å². The van der Waals surface area contributed by atoms with Crippen LogP contribution >= 0.6 is 0 Å². The molecule has 39 heavy (non-hydrogen) atoms. The standard InChI is InChI=1S/C31H46O6S.Na/c1-21(11-13-24-19-25(32)14-15-27(24)33)9-7-10-23(3)28(37-38(34,35)36)20-26-22(2)12-16-29-30(4,5)17-8-18-31(26,29)6;/h11,14-15,19,26,29,32-33H,2,7-10,12-13,16-18,20H2,1,3-6H3,(H,34,35,36);/q;+1/p-1/b21-11+,28-23-;/t26-,29-,31+;/m0./s1. The Morgan fingerprint density at radius 3 is 2.54 bits per heavy atom. The second-order valence-electron chi connectivity index (χ2n) is 12.5. The third kappa shape index (κ3) is 8.87. The van der Waals surface area contributed by atoms with Crippen molar-refractivity contribution in [3.63, 3.8) is 0 Å². The Morgan fingerprint density at radius 2 is 1.87 bits per heavy atom. The van der Waals surface area contributed by atoms with Crippen molar-refractivity contribution >= 4 is 10.4 Å². The number of hydrogen-bond acceptors (Lipinski definition) is 6. The molecule has 0 saturated heterocycles. The zero-order valence-electron chi connectivity index (χ0n) is 24.7. The minimum absolute atomic E-state index is 0. The summed E-state index contributed by atoms with van der Waals surface area (Å²) in [6, 6.07) is 4.48. The van der Waals surface area contributed by atoms with E-state index in [0.717, 1.165) is 55.2 Å². The van der Waals surface area contributed by atoms with Gasteiger partial charge in [-0.2, -0.15) is 0 Å². The largest absolute Gasteiger partial charge is 1.00 e. The molecule has 2 fully saturated rings. The van der Waals surface area contributed by atoms with Gasteiger partial charge < -0.3 is 18.9 Å². The molecular weight excluding hydrogens is 523 g/mol. The van der Waals surface area contributed by atoms with Gasteiger partial charge in [0.2, 0.25) is 0 Å². The summed E-state index contributed by atoms with van der Waals surface area (Å²) in [7, 11) is -4.89. The number of phenolic OH excluding ortho intramolecular Hbond substituents is 2. The number of aromatic hydroxyl groups is 2.